The van der Waals surface area contributed by atoms with Gasteiger partial charge in [0.25, 0.3) is 0 Å². The van der Waals surface area contributed by atoms with Gasteiger partial charge in [-0.1, -0.05) is 35.8 Å². The van der Waals surface area contributed by atoms with E-state index < -0.39 is 5.67 Å². The van der Waals surface area contributed by atoms with E-state index in [1.165, 1.54) is 0 Å². The SMILES string of the molecule is CC1CNN2NCN(Cc3nc(C4CC(F)(c5ccc(Cl)cc5)C4)no3)C(=O)C12. The fourth-order valence-electron chi connectivity index (χ4n) is 4.32. The lowest BCUT2D eigenvalue weighted by Crippen LogP contribution is -2.63. The van der Waals surface area contributed by atoms with Crippen molar-refractivity contribution in [1.29, 1.82) is 0 Å². The predicted octanol–water partition coefficient (Wildman–Crippen LogP) is 2.09. The Morgan fingerprint density at radius 3 is 2.83 bits per heavy atom. The van der Waals surface area contributed by atoms with Gasteiger partial charge in [0.15, 0.2) is 5.82 Å². The third-order valence-electron chi connectivity index (χ3n) is 6.07. The van der Waals surface area contributed by atoms with Crippen molar-refractivity contribution >= 4 is 17.5 Å². The summed E-state index contributed by atoms with van der Waals surface area (Å²) in [6, 6.07) is 6.59. The van der Waals surface area contributed by atoms with Crippen molar-refractivity contribution in [3.05, 3.63) is 46.6 Å². The maximum Gasteiger partial charge on any atom is 0.246 e. The average Bonchev–Trinajstić information content (AvgIpc) is 3.29. The lowest BCUT2D eigenvalue weighted by molar-refractivity contribution is -0.149. The largest absolute Gasteiger partial charge is 0.337 e. The molecule has 0 bridgehead atoms. The number of nitrogens with one attached hydrogen (secondary N) is 2. The molecular weight excluding hydrogens is 399 g/mol. The van der Waals surface area contributed by atoms with E-state index >= 15 is 4.39 Å². The third kappa shape index (κ3) is 3.31. The first-order valence-corrected chi connectivity index (χ1v) is 10.1. The minimum absolute atomic E-state index is 0.0233. The van der Waals surface area contributed by atoms with E-state index in [2.05, 4.69) is 21.0 Å². The summed E-state index contributed by atoms with van der Waals surface area (Å²) in [6.45, 7) is 3.38. The molecule has 8 nitrogen and oxygen atoms in total. The van der Waals surface area contributed by atoms with Gasteiger partial charge >= 0.3 is 0 Å². The van der Waals surface area contributed by atoms with Gasteiger partial charge in [-0.2, -0.15) is 10.1 Å². The van der Waals surface area contributed by atoms with Crippen LogP contribution in [0, 0.1) is 5.92 Å². The number of halogens is 2. The van der Waals surface area contributed by atoms with Crippen LogP contribution >= 0.6 is 11.6 Å². The summed E-state index contributed by atoms with van der Waals surface area (Å²) in [6.07, 6.45) is 0.607. The first-order chi connectivity index (χ1) is 13.9. The number of hydrogen-bond donors (Lipinski definition) is 2. The molecule has 2 saturated heterocycles. The summed E-state index contributed by atoms with van der Waals surface area (Å²) in [4.78, 5) is 18.8. The standard InChI is InChI=1S/C19H22ClFN6O2/c1-11-8-22-27-16(11)18(28)26(10-23-27)9-15-24-17(25-29-15)12-6-19(21,7-12)13-2-4-14(20)5-3-13/h2-5,11-12,16,22-23H,6-10H2,1H3. The zero-order chi connectivity index (χ0) is 20.2. The number of hydrazine groups is 2. The van der Waals surface area contributed by atoms with E-state index in [0.29, 0.717) is 41.8 Å². The number of fused-ring (bicyclic) bond motifs is 1. The monoisotopic (exact) mass is 420 g/mol. The molecule has 2 aromatic rings. The Morgan fingerprint density at radius 1 is 1.31 bits per heavy atom. The van der Waals surface area contributed by atoms with Crippen LogP contribution in [-0.4, -0.2) is 45.3 Å². The Hall–Kier alpha value is -2.07. The molecule has 154 valence electrons. The number of hydrogen-bond acceptors (Lipinski definition) is 7. The molecule has 2 unspecified atom stereocenters. The highest BCUT2D eigenvalue weighted by molar-refractivity contribution is 6.30. The number of alkyl halides is 1. The highest BCUT2D eigenvalue weighted by atomic mass is 35.5. The van der Waals surface area contributed by atoms with Gasteiger partial charge in [0.1, 0.15) is 18.3 Å². The van der Waals surface area contributed by atoms with Crippen molar-refractivity contribution in [2.24, 2.45) is 5.92 Å². The zero-order valence-corrected chi connectivity index (χ0v) is 16.7. The Morgan fingerprint density at radius 2 is 2.07 bits per heavy atom. The molecule has 2 atom stereocenters. The minimum Gasteiger partial charge on any atom is -0.337 e. The second-order valence-electron chi connectivity index (χ2n) is 8.13. The number of rotatable bonds is 4. The molecule has 1 aromatic carbocycles. The van der Waals surface area contributed by atoms with Gasteiger partial charge in [0.05, 0.1) is 6.67 Å². The summed E-state index contributed by atoms with van der Waals surface area (Å²) in [5.74, 6) is 0.992. The van der Waals surface area contributed by atoms with Gasteiger partial charge in [-0.15, -0.1) is 0 Å². The van der Waals surface area contributed by atoms with E-state index in [9.17, 15) is 4.79 Å². The van der Waals surface area contributed by atoms with E-state index in [0.717, 1.165) is 6.54 Å². The highest BCUT2D eigenvalue weighted by Crippen LogP contribution is 2.53. The van der Waals surface area contributed by atoms with Crippen LogP contribution < -0.4 is 10.9 Å². The number of benzene rings is 1. The molecule has 10 heteroatoms. The predicted molar refractivity (Wildman–Crippen MR) is 102 cm³/mol. The van der Waals surface area contributed by atoms with Gasteiger partial charge in [-0.25, -0.2) is 15.2 Å². The average molecular weight is 421 g/mol. The van der Waals surface area contributed by atoms with E-state index in [1.807, 2.05) is 6.92 Å². The van der Waals surface area contributed by atoms with Crippen LogP contribution in [0.15, 0.2) is 28.8 Å². The van der Waals surface area contributed by atoms with Crippen LogP contribution in [0.3, 0.4) is 0 Å². The maximum absolute atomic E-state index is 15.1. The fourth-order valence-corrected chi connectivity index (χ4v) is 4.45. The van der Waals surface area contributed by atoms with Crippen molar-refractivity contribution in [2.75, 3.05) is 13.2 Å². The van der Waals surface area contributed by atoms with Gasteiger partial charge < -0.3 is 9.42 Å². The van der Waals surface area contributed by atoms with E-state index in [4.69, 9.17) is 16.1 Å². The molecule has 29 heavy (non-hydrogen) atoms. The molecule has 0 radical (unpaired) electrons. The Labute approximate surface area is 172 Å². The smallest absolute Gasteiger partial charge is 0.246 e. The highest BCUT2D eigenvalue weighted by Gasteiger charge is 2.49. The third-order valence-corrected chi connectivity index (χ3v) is 6.33. The number of carbonyl (C=O) groups excluding carboxylic acids is 1. The molecule has 1 aromatic heterocycles. The molecule has 3 aliphatic rings. The summed E-state index contributed by atoms with van der Waals surface area (Å²) in [5.41, 5.74) is 5.57. The topological polar surface area (TPSA) is 86.5 Å². The maximum atomic E-state index is 15.1. The van der Waals surface area contributed by atoms with Crippen molar-refractivity contribution in [3.8, 4) is 0 Å². The van der Waals surface area contributed by atoms with Gasteiger partial charge in [-0.3, -0.25) is 4.79 Å². The van der Waals surface area contributed by atoms with Crippen LogP contribution in [0.5, 0.6) is 0 Å². The number of nitrogens with zero attached hydrogens (tertiary/aromatic N) is 4. The molecule has 2 N–H and O–H groups in total. The Kier molecular flexibility index (Phi) is 4.58. The molecule has 1 aliphatic carbocycles. The summed E-state index contributed by atoms with van der Waals surface area (Å²) < 4.78 is 20.4. The van der Waals surface area contributed by atoms with Crippen LogP contribution in [0.2, 0.25) is 5.02 Å². The lowest BCUT2D eigenvalue weighted by Gasteiger charge is -2.40. The molecule has 1 saturated carbocycles. The van der Waals surface area contributed by atoms with Crippen molar-refractivity contribution in [1.82, 2.24) is 31.0 Å². The number of carbonyl (C=O) groups is 1. The number of aromatic nitrogens is 2. The quantitative estimate of drug-likeness (QED) is 0.783. The fraction of sp³-hybridized carbons (Fsp3) is 0.526. The van der Waals surface area contributed by atoms with Crippen molar-refractivity contribution in [2.45, 2.75) is 43.9 Å². The molecule has 1 amide bonds. The zero-order valence-electron chi connectivity index (χ0n) is 15.9. The molecule has 3 fully saturated rings. The first-order valence-electron chi connectivity index (χ1n) is 9.75. The van der Waals surface area contributed by atoms with Gasteiger partial charge in [0.2, 0.25) is 11.8 Å². The molecule has 0 spiro atoms. The van der Waals surface area contributed by atoms with E-state index in [-0.39, 0.29) is 30.3 Å². The second-order valence-corrected chi connectivity index (χ2v) is 8.57. The summed E-state index contributed by atoms with van der Waals surface area (Å²) in [5, 5.41) is 6.39. The van der Waals surface area contributed by atoms with Crippen molar-refractivity contribution in [3.63, 3.8) is 0 Å². The molecule has 2 aliphatic heterocycles. The van der Waals surface area contributed by atoms with Crippen LogP contribution in [-0.2, 0) is 17.0 Å². The summed E-state index contributed by atoms with van der Waals surface area (Å²) >= 11 is 5.88. The van der Waals surface area contributed by atoms with Crippen molar-refractivity contribution < 1.29 is 13.7 Å². The molecule has 5 rings (SSSR count). The normalized spacial score (nSPS) is 32.3. The minimum atomic E-state index is -1.39. The summed E-state index contributed by atoms with van der Waals surface area (Å²) in [7, 11) is 0. The first kappa shape index (κ1) is 18.9. The molecular formula is C19H22ClFN6O2. The van der Waals surface area contributed by atoms with Crippen LogP contribution in [0.1, 0.15) is 43.0 Å². The van der Waals surface area contributed by atoms with Crippen LogP contribution in [0.4, 0.5) is 4.39 Å². The van der Waals surface area contributed by atoms with E-state index in [1.54, 1.807) is 34.3 Å². The van der Waals surface area contributed by atoms with Gasteiger partial charge in [0, 0.05) is 17.5 Å². The second kappa shape index (κ2) is 7.02. The Balaban J connectivity index is 1.22. The number of amides is 1. The van der Waals surface area contributed by atoms with Gasteiger partial charge in [-0.05, 0) is 36.5 Å². The lowest BCUT2D eigenvalue weighted by atomic mass is 9.68. The Bertz CT molecular complexity index is 916. The molecule has 3 heterocycles. The van der Waals surface area contributed by atoms with Crippen LogP contribution in [0.25, 0.3) is 0 Å².